The fraction of sp³-hybridized carbons (Fsp3) is 0.667. The fourth-order valence-corrected chi connectivity index (χ4v) is 0.579. The van der Waals surface area contributed by atoms with Crippen LogP contribution in [0.25, 0.3) is 0 Å². The zero-order valence-corrected chi connectivity index (χ0v) is 5.95. The number of ketones is 1. The normalized spacial score (nSPS) is 13.4. The second-order valence-electron chi connectivity index (χ2n) is 1.62. The molecule has 0 aromatic rings. The van der Waals surface area contributed by atoms with E-state index >= 15 is 0 Å². The number of Topliss-reactive ketones (excluding diaryl/α,β-unsaturated/α-hetero) is 1. The number of carbonyl (C=O) groups is 1. The van der Waals surface area contributed by atoms with E-state index in [1.54, 1.807) is 0 Å². The van der Waals surface area contributed by atoms with Crippen LogP contribution in [0.5, 0.6) is 0 Å². The predicted molar refractivity (Wildman–Crippen MR) is 38.0 cm³/mol. The van der Waals surface area contributed by atoms with Crippen molar-refractivity contribution >= 4 is 18.4 Å². The minimum absolute atomic E-state index is 0.139. The maximum Gasteiger partial charge on any atom is 0.145 e. The van der Waals surface area contributed by atoms with Gasteiger partial charge in [-0.05, 0) is 6.42 Å². The first-order valence-corrected chi connectivity index (χ1v) is 3.24. The van der Waals surface area contributed by atoms with E-state index in [0.29, 0.717) is 12.8 Å². The summed E-state index contributed by atoms with van der Waals surface area (Å²) in [5.41, 5.74) is 0. The number of hydrogen-bond donors (Lipinski definition) is 1. The van der Waals surface area contributed by atoms with Gasteiger partial charge in [0, 0.05) is 6.42 Å². The van der Waals surface area contributed by atoms with E-state index in [9.17, 15) is 4.79 Å². The van der Waals surface area contributed by atoms with E-state index in [1.165, 1.54) is 0 Å². The van der Waals surface area contributed by atoms with Gasteiger partial charge in [0.05, 0.1) is 5.25 Å². The van der Waals surface area contributed by atoms with Crippen molar-refractivity contribution in [3.05, 3.63) is 6.92 Å². The molecule has 0 N–H and O–H groups in total. The summed E-state index contributed by atoms with van der Waals surface area (Å²) in [7, 11) is 0. The van der Waals surface area contributed by atoms with Crippen molar-refractivity contribution in [2.45, 2.75) is 25.0 Å². The van der Waals surface area contributed by atoms with Crippen LogP contribution in [0, 0.1) is 6.92 Å². The number of hydrogen-bond acceptors (Lipinski definition) is 2. The molecule has 8 heavy (non-hydrogen) atoms. The van der Waals surface area contributed by atoms with Gasteiger partial charge in [-0.15, -0.1) is 0 Å². The van der Waals surface area contributed by atoms with E-state index < -0.39 is 0 Å². The maximum atomic E-state index is 10.6. The SMILES string of the molecule is [CH2]CC(S)C(=O)CC. The Morgan fingerprint density at radius 3 is 2.50 bits per heavy atom. The van der Waals surface area contributed by atoms with Crippen LogP contribution >= 0.6 is 12.6 Å². The fourth-order valence-electron chi connectivity index (χ4n) is 0.397. The van der Waals surface area contributed by atoms with E-state index in [1.807, 2.05) is 6.92 Å². The average Bonchev–Trinajstić information content (AvgIpc) is 1.84. The highest BCUT2D eigenvalue weighted by Gasteiger charge is 2.06. The van der Waals surface area contributed by atoms with Gasteiger partial charge in [0.15, 0.2) is 0 Å². The van der Waals surface area contributed by atoms with Gasteiger partial charge in [-0.2, -0.15) is 12.6 Å². The van der Waals surface area contributed by atoms with Gasteiger partial charge in [-0.3, -0.25) is 4.79 Å². The van der Waals surface area contributed by atoms with Crippen LogP contribution in [-0.2, 0) is 4.79 Å². The third kappa shape index (κ3) is 2.36. The summed E-state index contributed by atoms with van der Waals surface area (Å²) in [6, 6.07) is 0. The zero-order chi connectivity index (χ0) is 6.57. The molecule has 1 unspecified atom stereocenters. The van der Waals surface area contributed by atoms with Crippen molar-refractivity contribution in [3.63, 3.8) is 0 Å². The van der Waals surface area contributed by atoms with E-state index in [2.05, 4.69) is 19.6 Å². The third-order valence-corrected chi connectivity index (χ3v) is 1.54. The summed E-state index contributed by atoms with van der Waals surface area (Å²) in [5, 5.41) is -0.139. The molecule has 0 saturated heterocycles. The summed E-state index contributed by atoms with van der Waals surface area (Å²) in [6.45, 7) is 5.39. The lowest BCUT2D eigenvalue weighted by Gasteiger charge is -2.01. The van der Waals surface area contributed by atoms with Gasteiger partial charge >= 0.3 is 0 Å². The molecule has 0 fully saturated rings. The first-order valence-electron chi connectivity index (χ1n) is 2.72. The molecule has 1 nitrogen and oxygen atoms in total. The second kappa shape index (κ2) is 3.96. The Balaban J connectivity index is 3.46. The standard InChI is InChI=1S/C6H11OS/c1-3-5(7)6(8)4-2/h6,8H,2-4H2,1H3. The molecule has 1 atom stereocenters. The molecular weight excluding hydrogens is 120 g/mol. The summed E-state index contributed by atoms with van der Waals surface area (Å²) in [5.74, 6) is 0.184. The smallest absolute Gasteiger partial charge is 0.145 e. The first kappa shape index (κ1) is 8.02. The van der Waals surface area contributed by atoms with E-state index in [0.717, 1.165) is 0 Å². The molecule has 0 aromatic heterocycles. The Kier molecular flexibility index (Phi) is 3.97. The van der Waals surface area contributed by atoms with Gasteiger partial charge < -0.3 is 0 Å². The Morgan fingerprint density at radius 1 is 1.88 bits per heavy atom. The Bertz CT molecular complexity index is 80.6. The molecular formula is C6H11OS. The van der Waals surface area contributed by atoms with E-state index in [4.69, 9.17) is 0 Å². The van der Waals surface area contributed by atoms with Crippen molar-refractivity contribution < 1.29 is 4.79 Å². The zero-order valence-electron chi connectivity index (χ0n) is 5.05. The molecule has 0 aliphatic carbocycles. The van der Waals surface area contributed by atoms with Crippen molar-refractivity contribution in [2.75, 3.05) is 0 Å². The van der Waals surface area contributed by atoms with Crippen molar-refractivity contribution in [1.82, 2.24) is 0 Å². The molecule has 0 rings (SSSR count). The van der Waals surface area contributed by atoms with Gasteiger partial charge in [0.25, 0.3) is 0 Å². The predicted octanol–water partition coefficient (Wildman–Crippen LogP) is 1.49. The second-order valence-corrected chi connectivity index (χ2v) is 2.25. The molecule has 0 saturated carbocycles. The quantitative estimate of drug-likeness (QED) is 0.574. The topological polar surface area (TPSA) is 17.1 Å². The molecule has 0 amide bonds. The minimum atomic E-state index is -0.139. The summed E-state index contributed by atoms with van der Waals surface area (Å²) < 4.78 is 0. The van der Waals surface area contributed by atoms with Crippen molar-refractivity contribution in [2.24, 2.45) is 0 Å². The largest absolute Gasteiger partial charge is 0.298 e. The molecule has 0 aliphatic heterocycles. The molecule has 0 heterocycles. The van der Waals surface area contributed by atoms with E-state index in [-0.39, 0.29) is 11.0 Å². The molecule has 0 aromatic carbocycles. The Morgan fingerprint density at radius 2 is 2.38 bits per heavy atom. The molecule has 0 bridgehead atoms. The van der Waals surface area contributed by atoms with Crippen LogP contribution in [0.1, 0.15) is 19.8 Å². The summed E-state index contributed by atoms with van der Waals surface area (Å²) in [6.07, 6.45) is 1.17. The summed E-state index contributed by atoms with van der Waals surface area (Å²) in [4.78, 5) is 10.6. The first-order chi connectivity index (χ1) is 3.72. The van der Waals surface area contributed by atoms with Crippen LogP contribution in [0.2, 0.25) is 0 Å². The van der Waals surface area contributed by atoms with Crippen LogP contribution < -0.4 is 0 Å². The van der Waals surface area contributed by atoms with Crippen molar-refractivity contribution in [3.8, 4) is 0 Å². The van der Waals surface area contributed by atoms with Gasteiger partial charge in [-0.1, -0.05) is 13.8 Å². The van der Waals surface area contributed by atoms with Crippen LogP contribution in [0.3, 0.4) is 0 Å². The highest BCUT2D eigenvalue weighted by atomic mass is 32.1. The van der Waals surface area contributed by atoms with Crippen LogP contribution in [0.15, 0.2) is 0 Å². The number of rotatable bonds is 3. The lowest BCUT2D eigenvalue weighted by molar-refractivity contribution is -0.118. The number of thiol groups is 1. The van der Waals surface area contributed by atoms with Gasteiger partial charge in [0.2, 0.25) is 0 Å². The lowest BCUT2D eigenvalue weighted by Crippen LogP contribution is -2.11. The monoisotopic (exact) mass is 131 g/mol. The Labute approximate surface area is 55.9 Å². The van der Waals surface area contributed by atoms with Crippen LogP contribution in [0.4, 0.5) is 0 Å². The molecule has 2 heteroatoms. The minimum Gasteiger partial charge on any atom is -0.298 e. The molecule has 0 aliphatic rings. The third-order valence-electron chi connectivity index (χ3n) is 0.994. The lowest BCUT2D eigenvalue weighted by atomic mass is 10.2. The maximum absolute atomic E-state index is 10.6. The average molecular weight is 131 g/mol. The molecule has 1 radical (unpaired) electrons. The summed E-state index contributed by atoms with van der Waals surface area (Å²) >= 11 is 3.99. The highest BCUT2D eigenvalue weighted by molar-refractivity contribution is 7.81. The number of carbonyl (C=O) groups excluding carboxylic acids is 1. The molecule has 47 valence electrons. The Hall–Kier alpha value is 0.0200. The van der Waals surface area contributed by atoms with Crippen LogP contribution in [-0.4, -0.2) is 11.0 Å². The van der Waals surface area contributed by atoms with Crippen molar-refractivity contribution in [1.29, 1.82) is 0 Å². The van der Waals surface area contributed by atoms with Gasteiger partial charge in [0.1, 0.15) is 5.78 Å². The highest BCUT2D eigenvalue weighted by Crippen LogP contribution is 2.02. The molecule has 0 spiro atoms. The van der Waals surface area contributed by atoms with Gasteiger partial charge in [-0.25, -0.2) is 0 Å².